The fourth-order valence-corrected chi connectivity index (χ4v) is 3.04. The van der Waals surface area contributed by atoms with Gasteiger partial charge < -0.3 is 5.32 Å². The van der Waals surface area contributed by atoms with E-state index in [0.29, 0.717) is 10.9 Å². The molecule has 0 bridgehead atoms. The molecule has 2 rings (SSSR count). The number of hydrogen-bond donors (Lipinski definition) is 1. The number of anilines is 1. The van der Waals surface area contributed by atoms with Gasteiger partial charge in [0.1, 0.15) is 0 Å². The molecule has 0 aromatic heterocycles. The molecule has 6 heteroatoms. The van der Waals surface area contributed by atoms with Crippen LogP contribution in [0.3, 0.4) is 0 Å². The molecular formula is C12H15FN2O2S. The second-order valence-electron chi connectivity index (χ2n) is 4.43. The van der Waals surface area contributed by atoms with E-state index in [9.17, 15) is 14.5 Å². The molecule has 1 N–H and O–H groups in total. The number of nitro groups is 1. The third kappa shape index (κ3) is 2.93. The predicted molar refractivity (Wildman–Crippen MR) is 71.6 cm³/mol. The first kappa shape index (κ1) is 13.1. The smallest absolute Gasteiger partial charge is 0.272 e. The van der Waals surface area contributed by atoms with Gasteiger partial charge in [-0.25, -0.2) is 4.39 Å². The number of nitro benzene ring substituents is 1. The zero-order chi connectivity index (χ0) is 13.1. The maximum atomic E-state index is 13.7. The molecule has 4 nitrogen and oxygen atoms in total. The van der Waals surface area contributed by atoms with Gasteiger partial charge in [-0.2, -0.15) is 11.8 Å². The van der Waals surface area contributed by atoms with Crippen LogP contribution in [-0.4, -0.2) is 22.5 Å². The van der Waals surface area contributed by atoms with E-state index in [1.54, 1.807) is 0 Å². The molecule has 98 valence electrons. The number of hydrogen-bond acceptors (Lipinski definition) is 4. The lowest BCUT2D eigenvalue weighted by atomic mass is 10.2. The minimum absolute atomic E-state index is 0.216. The highest BCUT2D eigenvalue weighted by atomic mass is 32.2. The van der Waals surface area contributed by atoms with Crippen LogP contribution in [0.5, 0.6) is 0 Å². The number of halogens is 1. The normalized spacial score (nSPS) is 23.0. The zero-order valence-corrected chi connectivity index (χ0v) is 10.9. The second-order valence-corrected chi connectivity index (χ2v) is 5.57. The lowest BCUT2D eigenvalue weighted by Gasteiger charge is -2.14. The molecule has 1 aromatic rings. The van der Waals surface area contributed by atoms with Crippen molar-refractivity contribution in [3.05, 3.63) is 34.1 Å². The summed E-state index contributed by atoms with van der Waals surface area (Å²) in [4.78, 5) is 9.92. The number of benzene rings is 1. The number of rotatable bonds is 4. The third-order valence-electron chi connectivity index (χ3n) is 3.24. The molecule has 0 aliphatic heterocycles. The van der Waals surface area contributed by atoms with Gasteiger partial charge in [-0.05, 0) is 31.6 Å². The average molecular weight is 270 g/mol. The molecule has 0 saturated heterocycles. The largest absolute Gasteiger partial charge is 0.380 e. The van der Waals surface area contributed by atoms with Gasteiger partial charge in [-0.3, -0.25) is 10.1 Å². The lowest BCUT2D eigenvalue weighted by molar-refractivity contribution is -0.385. The van der Waals surface area contributed by atoms with E-state index < -0.39 is 10.7 Å². The molecule has 1 aliphatic rings. The topological polar surface area (TPSA) is 55.2 Å². The van der Waals surface area contributed by atoms with Crippen molar-refractivity contribution in [3.8, 4) is 0 Å². The summed E-state index contributed by atoms with van der Waals surface area (Å²) in [5.74, 6) is -0.559. The summed E-state index contributed by atoms with van der Waals surface area (Å²) in [7, 11) is 0. The number of non-ortho nitro benzene ring substituents is 1. The summed E-state index contributed by atoms with van der Waals surface area (Å²) in [5.41, 5.74) is 0.138. The van der Waals surface area contributed by atoms with Gasteiger partial charge >= 0.3 is 0 Å². The number of nitrogens with one attached hydrogen (secondary N) is 1. The Hall–Kier alpha value is -1.30. The summed E-state index contributed by atoms with van der Waals surface area (Å²) in [5, 5.41) is 14.3. The van der Waals surface area contributed by atoms with Gasteiger partial charge in [0.25, 0.3) is 5.69 Å². The average Bonchev–Trinajstić information content (AvgIpc) is 2.79. The lowest BCUT2D eigenvalue weighted by Crippen LogP contribution is -2.16. The number of nitrogens with zero attached hydrogens (tertiary/aromatic N) is 1. The van der Waals surface area contributed by atoms with E-state index in [1.165, 1.54) is 12.1 Å². The molecule has 2 unspecified atom stereocenters. The standard InChI is InChI=1S/C12H15FN2O2S/c1-18-10-4-2-8(6-10)14-12-5-3-9(15(16)17)7-11(12)13/h3,5,7-8,10,14H,2,4,6H2,1H3. The first-order valence-corrected chi connectivity index (χ1v) is 7.12. The highest BCUT2D eigenvalue weighted by Crippen LogP contribution is 2.31. The van der Waals surface area contributed by atoms with E-state index in [4.69, 9.17) is 0 Å². The Morgan fingerprint density at radius 2 is 2.28 bits per heavy atom. The van der Waals surface area contributed by atoms with Crippen LogP contribution in [0.1, 0.15) is 19.3 Å². The molecule has 0 amide bonds. The van der Waals surface area contributed by atoms with E-state index in [2.05, 4.69) is 11.6 Å². The van der Waals surface area contributed by atoms with Crippen LogP contribution in [0.2, 0.25) is 0 Å². The Morgan fingerprint density at radius 1 is 1.50 bits per heavy atom. The Bertz CT molecular complexity index is 456. The molecule has 1 saturated carbocycles. The van der Waals surface area contributed by atoms with Gasteiger partial charge in [0.2, 0.25) is 0 Å². The molecule has 2 atom stereocenters. The minimum Gasteiger partial charge on any atom is -0.380 e. The Kier molecular flexibility index (Phi) is 4.06. The van der Waals surface area contributed by atoms with Gasteiger partial charge in [0, 0.05) is 17.4 Å². The van der Waals surface area contributed by atoms with Crippen molar-refractivity contribution in [2.45, 2.75) is 30.6 Å². The maximum Gasteiger partial charge on any atom is 0.272 e. The fraction of sp³-hybridized carbons (Fsp3) is 0.500. The van der Waals surface area contributed by atoms with Crippen LogP contribution in [-0.2, 0) is 0 Å². The van der Waals surface area contributed by atoms with Crippen LogP contribution in [0.25, 0.3) is 0 Å². The van der Waals surface area contributed by atoms with Crippen LogP contribution < -0.4 is 5.32 Å². The molecule has 0 spiro atoms. The predicted octanol–water partition coefficient (Wildman–Crippen LogP) is 3.43. The maximum absolute atomic E-state index is 13.7. The SMILES string of the molecule is CSC1CCC(Nc2ccc([N+](=O)[O-])cc2F)C1. The van der Waals surface area contributed by atoms with E-state index in [1.807, 2.05) is 11.8 Å². The molecule has 1 aliphatic carbocycles. The third-order valence-corrected chi connectivity index (χ3v) is 4.34. The zero-order valence-electron chi connectivity index (χ0n) is 10.1. The van der Waals surface area contributed by atoms with E-state index in [0.717, 1.165) is 25.3 Å². The van der Waals surface area contributed by atoms with Crippen molar-refractivity contribution in [1.29, 1.82) is 0 Å². The first-order chi connectivity index (χ1) is 8.60. The Morgan fingerprint density at radius 3 is 2.83 bits per heavy atom. The Labute approximate surface area is 109 Å². The summed E-state index contributed by atoms with van der Waals surface area (Å²) < 4.78 is 13.7. The van der Waals surface area contributed by atoms with Gasteiger partial charge in [0.05, 0.1) is 16.7 Å². The first-order valence-electron chi connectivity index (χ1n) is 5.83. The summed E-state index contributed by atoms with van der Waals surface area (Å²) in [6.45, 7) is 0. The van der Waals surface area contributed by atoms with Crippen molar-refractivity contribution in [2.75, 3.05) is 11.6 Å². The van der Waals surface area contributed by atoms with Crippen molar-refractivity contribution in [1.82, 2.24) is 0 Å². The summed E-state index contributed by atoms with van der Waals surface area (Å²) in [6, 6.07) is 3.99. The van der Waals surface area contributed by atoms with Crippen LogP contribution in [0.4, 0.5) is 15.8 Å². The molecule has 18 heavy (non-hydrogen) atoms. The summed E-state index contributed by atoms with van der Waals surface area (Å²) >= 11 is 1.83. The monoisotopic (exact) mass is 270 g/mol. The van der Waals surface area contributed by atoms with Crippen molar-refractivity contribution in [3.63, 3.8) is 0 Å². The van der Waals surface area contributed by atoms with Crippen LogP contribution in [0, 0.1) is 15.9 Å². The highest BCUT2D eigenvalue weighted by molar-refractivity contribution is 7.99. The minimum atomic E-state index is -0.591. The van der Waals surface area contributed by atoms with Crippen molar-refractivity contribution < 1.29 is 9.31 Å². The Balaban J connectivity index is 2.04. The van der Waals surface area contributed by atoms with Crippen molar-refractivity contribution in [2.24, 2.45) is 0 Å². The second kappa shape index (κ2) is 5.56. The molecule has 0 radical (unpaired) electrons. The van der Waals surface area contributed by atoms with Gasteiger partial charge in [-0.15, -0.1) is 0 Å². The number of thioether (sulfide) groups is 1. The molecule has 0 heterocycles. The van der Waals surface area contributed by atoms with Crippen LogP contribution in [0.15, 0.2) is 18.2 Å². The summed E-state index contributed by atoms with van der Waals surface area (Å²) in [6.07, 6.45) is 5.24. The molecular weight excluding hydrogens is 255 g/mol. The fourth-order valence-electron chi connectivity index (χ4n) is 2.24. The van der Waals surface area contributed by atoms with E-state index >= 15 is 0 Å². The van der Waals surface area contributed by atoms with Gasteiger partial charge in [0.15, 0.2) is 5.82 Å². The molecule has 1 fully saturated rings. The van der Waals surface area contributed by atoms with Crippen molar-refractivity contribution >= 4 is 23.1 Å². The quantitative estimate of drug-likeness (QED) is 0.672. The van der Waals surface area contributed by atoms with Gasteiger partial charge in [-0.1, -0.05) is 0 Å². The highest BCUT2D eigenvalue weighted by Gasteiger charge is 2.24. The van der Waals surface area contributed by atoms with Crippen LogP contribution >= 0.6 is 11.8 Å². The van der Waals surface area contributed by atoms with E-state index in [-0.39, 0.29) is 11.7 Å². The molecule has 1 aromatic carbocycles.